The molecule has 1 aromatic rings. The molecule has 1 amide bonds. The van der Waals surface area contributed by atoms with Gasteiger partial charge in [0.25, 0.3) is 0 Å². The summed E-state index contributed by atoms with van der Waals surface area (Å²) >= 11 is 0. The number of pyridine rings is 1. The molecule has 0 fully saturated rings. The summed E-state index contributed by atoms with van der Waals surface area (Å²) in [5, 5.41) is 0. The number of ether oxygens (including phenoxy) is 2. The lowest BCUT2D eigenvalue weighted by Crippen LogP contribution is -2.40. The molecule has 126 valence electrons. The zero-order chi connectivity index (χ0) is 17.2. The number of carbonyl (C=O) groups excluding carboxylic acids is 2. The van der Waals surface area contributed by atoms with Gasteiger partial charge in [-0.15, -0.1) is 0 Å². The lowest BCUT2D eigenvalue weighted by atomic mass is 10.0. The summed E-state index contributed by atoms with van der Waals surface area (Å²) in [6.07, 6.45) is 0.305. The molecule has 1 aromatic heterocycles. The lowest BCUT2D eigenvalue weighted by Gasteiger charge is -2.31. The van der Waals surface area contributed by atoms with E-state index in [9.17, 15) is 9.59 Å². The standard InChI is InChI=1S/C17H24N2O4/c1-6-22-15(20)13-9-12-10-19(16(21)23-17(3,4)5)8-7-14(12)18-11(13)2/h9H,6-8,10H2,1-5H3. The molecule has 1 aliphatic heterocycles. The normalized spacial score (nSPS) is 14.2. The van der Waals surface area contributed by atoms with Crippen LogP contribution in [0.25, 0.3) is 0 Å². The van der Waals surface area contributed by atoms with Crippen molar-refractivity contribution in [2.75, 3.05) is 13.2 Å². The highest BCUT2D eigenvalue weighted by molar-refractivity contribution is 5.90. The van der Waals surface area contributed by atoms with Crippen molar-refractivity contribution in [2.45, 2.75) is 53.2 Å². The zero-order valence-corrected chi connectivity index (χ0v) is 14.4. The summed E-state index contributed by atoms with van der Waals surface area (Å²) in [7, 11) is 0. The lowest BCUT2D eigenvalue weighted by molar-refractivity contribution is 0.0222. The van der Waals surface area contributed by atoms with Crippen LogP contribution in [0.4, 0.5) is 4.79 Å². The summed E-state index contributed by atoms with van der Waals surface area (Å²) in [6.45, 7) is 10.4. The largest absolute Gasteiger partial charge is 0.462 e. The van der Waals surface area contributed by atoms with E-state index in [-0.39, 0.29) is 12.1 Å². The fourth-order valence-corrected chi connectivity index (χ4v) is 2.47. The van der Waals surface area contributed by atoms with Crippen molar-refractivity contribution < 1.29 is 19.1 Å². The van der Waals surface area contributed by atoms with Gasteiger partial charge in [0, 0.05) is 18.7 Å². The topological polar surface area (TPSA) is 68.7 Å². The van der Waals surface area contributed by atoms with Gasteiger partial charge in [-0.1, -0.05) is 0 Å². The average Bonchev–Trinajstić information content (AvgIpc) is 2.44. The number of nitrogens with zero attached hydrogens (tertiary/aromatic N) is 2. The Morgan fingerprint density at radius 3 is 2.65 bits per heavy atom. The smallest absolute Gasteiger partial charge is 0.410 e. The number of aromatic nitrogens is 1. The first-order chi connectivity index (χ1) is 10.7. The summed E-state index contributed by atoms with van der Waals surface area (Å²) in [6, 6.07) is 1.78. The van der Waals surface area contributed by atoms with E-state index in [0.29, 0.717) is 37.4 Å². The second-order valence-electron chi connectivity index (χ2n) is 6.60. The maximum absolute atomic E-state index is 12.2. The number of hydrogen-bond donors (Lipinski definition) is 0. The van der Waals surface area contributed by atoms with Crippen molar-refractivity contribution in [3.63, 3.8) is 0 Å². The van der Waals surface area contributed by atoms with Gasteiger partial charge in [-0.3, -0.25) is 4.98 Å². The second-order valence-corrected chi connectivity index (χ2v) is 6.60. The van der Waals surface area contributed by atoms with Crippen LogP contribution in [0.3, 0.4) is 0 Å². The molecule has 0 saturated carbocycles. The molecule has 0 spiro atoms. The van der Waals surface area contributed by atoms with Crippen LogP contribution in [0.15, 0.2) is 6.07 Å². The van der Waals surface area contributed by atoms with Crippen molar-refractivity contribution >= 4 is 12.1 Å². The van der Waals surface area contributed by atoms with Crippen LogP contribution in [0.5, 0.6) is 0 Å². The monoisotopic (exact) mass is 320 g/mol. The molecule has 0 aromatic carbocycles. The van der Waals surface area contributed by atoms with E-state index in [4.69, 9.17) is 9.47 Å². The third-order valence-electron chi connectivity index (χ3n) is 3.51. The van der Waals surface area contributed by atoms with Gasteiger partial charge in [0.05, 0.1) is 24.4 Å². The Morgan fingerprint density at radius 1 is 1.35 bits per heavy atom. The molecule has 0 N–H and O–H groups in total. The summed E-state index contributed by atoms with van der Waals surface area (Å²) in [4.78, 5) is 30.3. The molecule has 6 nitrogen and oxygen atoms in total. The predicted octanol–water partition coefficient (Wildman–Crippen LogP) is 2.86. The van der Waals surface area contributed by atoms with E-state index in [1.54, 1.807) is 24.8 Å². The highest BCUT2D eigenvalue weighted by Gasteiger charge is 2.27. The molecule has 2 heterocycles. The van der Waals surface area contributed by atoms with Gasteiger partial charge in [-0.2, -0.15) is 0 Å². The fraction of sp³-hybridized carbons (Fsp3) is 0.588. The average molecular weight is 320 g/mol. The summed E-state index contributed by atoms with van der Waals surface area (Å²) in [5.74, 6) is -0.380. The first kappa shape index (κ1) is 17.2. The first-order valence-corrected chi connectivity index (χ1v) is 7.85. The number of carbonyl (C=O) groups is 2. The molecule has 0 bridgehead atoms. The summed E-state index contributed by atoms with van der Waals surface area (Å²) in [5.41, 5.74) is 2.38. The van der Waals surface area contributed by atoms with Gasteiger partial charge in [0.15, 0.2) is 0 Å². The van der Waals surface area contributed by atoms with E-state index in [1.165, 1.54) is 0 Å². The van der Waals surface area contributed by atoms with Crippen LogP contribution in [-0.4, -0.2) is 40.7 Å². The molecular weight excluding hydrogens is 296 g/mol. The Labute approximate surface area is 136 Å². The molecule has 0 atom stereocenters. The van der Waals surface area contributed by atoms with Crippen LogP contribution in [0.1, 0.15) is 55.0 Å². The Bertz CT molecular complexity index is 620. The second kappa shape index (κ2) is 6.56. The first-order valence-electron chi connectivity index (χ1n) is 7.85. The van der Waals surface area contributed by atoms with Crippen molar-refractivity contribution in [1.82, 2.24) is 9.88 Å². The minimum absolute atomic E-state index is 0.319. The van der Waals surface area contributed by atoms with Crippen LogP contribution in [0.2, 0.25) is 0 Å². The molecule has 0 aliphatic carbocycles. The van der Waals surface area contributed by atoms with Crippen LogP contribution in [0, 0.1) is 6.92 Å². The highest BCUT2D eigenvalue weighted by atomic mass is 16.6. The van der Waals surface area contributed by atoms with Gasteiger partial charge < -0.3 is 14.4 Å². The van der Waals surface area contributed by atoms with Gasteiger partial charge in [-0.25, -0.2) is 9.59 Å². The molecule has 1 aliphatic rings. The van der Waals surface area contributed by atoms with Crippen LogP contribution in [-0.2, 0) is 22.4 Å². The highest BCUT2D eigenvalue weighted by Crippen LogP contribution is 2.22. The Morgan fingerprint density at radius 2 is 2.04 bits per heavy atom. The van der Waals surface area contributed by atoms with Gasteiger partial charge in [0.1, 0.15) is 5.60 Å². The van der Waals surface area contributed by atoms with Gasteiger partial charge in [0.2, 0.25) is 0 Å². The van der Waals surface area contributed by atoms with Crippen LogP contribution < -0.4 is 0 Å². The van der Waals surface area contributed by atoms with Crippen molar-refractivity contribution in [2.24, 2.45) is 0 Å². The molecular formula is C17H24N2O4. The van der Waals surface area contributed by atoms with E-state index in [0.717, 1.165) is 11.3 Å². The Kier molecular flexibility index (Phi) is 4.92. The maximum atomic E-state index is 12.2. The third-order valence-corrected chi connectivity index (χ3v) is 3.51. The number of amides is 1. The van der Waals surface area contributed by atoms with Crippen LogP contribution >= 0.6 is 0 Å². The minimum Gasteiger partial charge on any atom is -0.462 e. The number of fused-ring (bicyclic) bond motifs is 1. The third kappa shape index (κ3) is 4.21. The minimum atomic E-state index is -0.529. The number of rotatable bonds is 2. The van der Waals surface area contributed by atoms with Gasteiger partial charge in [-0.05, 0) is 46.2 Å². The van der Waals surface area contributed by atoms with E-state index < -0.39 is 5.60 Å². The number of hydrogen-bond acceptors (Lipinski definition) is 5. The van der Waals surface area contributed by atoms with Gasteiger partial charge >= 0.3 is 12.1 Å². The summed E-state index contributed by atoms with van der Waals surface area (Å²) < 4.78 is 10.5. The quantitative estimate of drug-likeness (QED) is 0.784. The fourth-order valence-electron chi connectivity index (χ4n) is 2.47. The Hall–Kier alpha value is -2.11. The van der Waals surface area contributed by atoms with E-state index >= 15 is 0 Å². The molecule has 0 unspecified atom stereocenters. The number of esters is 1. The zero-order valence-electron chi connectivity index (χ0n) is 14.4. The Balaban J connectivity index is 2.21. The molecule has 23 heavy (non-hydrogen) atoms. The van der Waals surface area contributed by atoms with E-state index in [1.807, 2.05) is 20.8 Å². The molecule has 2 rings (SSSR count). The van der Waals surface area contributed by atoms with Crippen molar-refractivity contribution in [3.05, 3.63) is 28.6 Å². The van der Waals surface area contributed by atoms with Crippen molar-refractivity contribution in [1.29, 1.82) is 0 Å². The van der Waals surface area contributed by atoms with Crippen molar-refractivity contribution in [3.8, 4) is 0 Å². The maximum Gasteiger partial charge on any atom is 0.410 e. The molecule has 0 saturated heterocycles. The number of aryl methyl sites for hydroxylation is 1. The SMILES string of the molecule is CCOC(=O)c1cc2c(nc1C)CCN(C(=O)OC(C)(C)C)C2. The predicted molar refractivity (Wildman–Crippen MR) is 85.3 cm³/mol. The molecule has 6 heteroatoms. The van der Waals surface area contributed by atoms with E-state index in [2.05, 4.69) is 4.98 Å². The molecule has 0 radical (unpaired) electrons.